The molecule has 0 aliphatic carbocycles. The highest BCUT2D eigenvalue weighted by molar-refractivity contribution is 6.29. The zero-order chi connectivity index (χ0) is 11.3. The second kappa shape index (κ2) is 5.90. The van der Waals surface area contributed by atoms with Crippen molar-refractivity contribution >= 4 is 17.3 Å². The van der Waals surface area contributed by atoms with E-state index in [1.165, 1.54) is 0 Å². The quantitative estimate of drug-likeness (QED) is 0.772. The van der Waals surface area contributed by atoms with Crippen molar-refractivity contribution in [2.24, 2.45) is 0 Å². The van der Waals surface area contributed by atoms with Crippen LogP contribution in [0.5, 0.6) is 0 Å². The van der Waals surface area contributed by atoms with Gasteiger partial charge in [-0.1, -0.05) is 11.6 Å². The number of likely N-dealkylation sites (N-methyl/N-ethyl adjacent to an activating group) is 1. The fourth-order valence-corrected chi connectivity index (χ4v) is 1.46. The van der Waals surface area contributed by atoms with E-state index < -0.39 is 6.10 Å². The maximum Gasteiger partial charge on any atom is 0.131 e. The number of hydrogen-bond acceptors (Lipinski definition) is 4. The number of rotatable bonds is 5. The van der Waals surface area contributed by atoms with Crippen LogP contribution in [0, 0.1) is 0 Å². The monoisotopic (exact) mass is 230 g/mol. The molecule has 1 unspecified atom stereocenters. The third-order valence-electron chi connectivity index (χ3n) is 1.99. The molecule has 0 fully saturated rings. The first-order chi connectivity index (χ1) is 7.13. The molecule has 0 aliphatic rings. The van der Waals surface area contributed by atoms with E-state index >= 15 is 0 Å². The fraction of sp³-hybridized carbons (Fsp3) is 0.500. The van der Waals surface area contributed by atoms with Gasteiger partial charge in [0.1, 0.15) is 5.15 Å². The number of hydrogen-bond donors (Lipinski definition) is 1. The van der Waals surface area contributed by atoms with E-state index in [0.29, 0.717) is 18.3 Å². The Morgan fingerprint density at radius 3 is 3.00 bits per heavy atom. The van der Waals surface area contributed by atoms with Gasteiger partial charge >= 0.3 is 0 Å². The van der Waals surface area contributed by atoms with E-state index in [-0.39, 0.29) is 0 Å². The molecular formula is C10H15ClN2O2. The maximum atomic E-state index is 9.53. The van der Waals surface area contributed by atoms with Crippen LogP contribution in [0.1, 0.15) is 0 Å². The lowest BCUT2D eigenvalue weighted by Crippen LogP contribution is -2.31. The minimum atomic E-state index is -0.507. The highest BCUT2D eigenvalue weighted by Gasteiger charge is 2.08. The molecule has 1 aromatic heterocycles. The van der Waals surface area contributed by atoms with Gasteiger partial charge in [0.25, 0.3) is 0 Å². The zero-order valence-corrected chi connectivity index (χ0v) is 9.61. The summed E-state index contributed by atoms with van der Waals surface area (Å²) in [5.41, 5.74) is 0.921. The third kappa shape index (κ3) is 4.03. The van der Waals surface area contributed by atoms with E-state index in [2.05, 4.69) is 4.98 Å². The number of nitrogens with zero attached hydrogens (tertiary/aromatic N) is 2. The summed E-state index contributed by atoms with van der Waals surface area (Å²) in [6, 6.07) is 3.59. The Morgan fingerprint density at radius 1 is 1.67 bits per heavy atom. The van der Waals surface area contributed by atoms with Crippen molar-refractivity contribution in [3.05, 3.63) is 23.5 Å². The minimum absolute atomic E-state index is 0.323. The van der Waals surface area contributed by atoms with E-state index in [0.717, 1.165) is 5.69 Å². The largest absolute Gasteiger partial charge is 0.389 e. The van der Waals surface area contributed by atoms with Crippen LogP contribution in [0.3, 0.4) is 0 Å². The van der Waals surface area contributed by atoms with Crippen LogP contribution in [0.15, 0.2) is 18.3 Å². The van der Waals surface area contributed by atoms with Crippen LogP contribution in [0.2, 0.25) is 5.15 Å². The molecule has 15 heavy (non-hydrogen) atoms. The Morgan fingerprint density at radius 2 is 2.40 bits per heavy atom. The van der Waals surface area contributed by atoms with Gasteiger partial charge in [0.15, 0.2) is 0 Å². The van der Waals surface area contributed by atoms with Crippen LogP contribution in [-0.2, 0) is 4.74 Å². The summed E-state index contributed by atoms with van der Waals surface area (Å²) in [7, 11) is 3.44. The van der Waals surface area contributed by atoms with Crippen molar-refractivity contribution in [1.82, 2.24) is 4.98 Å². The van der Waals surface area contributed by atoms with Crippen molar-refractivity contribution in [2.75, 3.05) is 32.2 Å². The van der Waals surface area contributed by atoms with Gasteiger partial charge in [-0.2, -0.15) is 0 Å². The van der Waals surface area contributed by atoms with Crippen LogP contribution in [0.25, 0.3) is 0 Å². The summed E-state index contributed by atoms with van der Waals surface area (Å²) in [6.07, 6.45) is 1.13. The minimum Gasteiger partial charge on any atom is -0.389 e. The van der Waals surface area contributed by atoms with Crippen LogP contribution < -0.4 is 4.90 Å². The van der Waals surface area contributed by atoms with Gasteiger partial charge in [-0.3, -0.25) is 0 Å². The molecule has 4 nitrogen and oxygen atoms in total. The number of aliphatic hydroxyl groups is 1. The van der Waals surface area contributed by atoms with Gasteiger partial charge in [0.2, 0.25) is 0 Å². The average molecular weight is 231 g/mol. The Bertz CT molecular complexity index is 309. The smallest absolute Gasteiger partial charge is 0.131 e. The summed E-state index contributed by atoms with van der Waals surface area (Å²) in [5, 5.41) is 9.98. The third-order valence-corrected chi connectivity index (χ3v) is 2.20. The SMILES string of the molecule is COCC(O)CN(C)c1ccnc(Cl)c1. The number of aromatic nitrogens is 1. The normalized spacial score (nSPS) is 12.5. The van der Waals surface area contributed by atoms with Crippen LogP contribution in [0.4, 0.5) is 5.69 Å². The fourth-order valence-electron chi connectivity index (χ4n) is 1.30. The Kier molecular flexibility index (Phi) is 4.81. The number of methoxy groups -OCH3 is 1. The second-order valence-corrected chi connectivity index (χ2v) is 3.71. The summed E-state index contributed by atoms with van der Waals surface area (Å²) < 4.78 is 4.85. The lowest BCUT2D eigenvalue weighted by Gasteiger charge is -2.22. The van der Waals surface area contributed by atoms with Gasteiger partial charge in [0.05, 0.1) is 12.7 Å². The molecule has 0 bridgehead atoms. The van der Waals surface area contributed by atoms with Crippen LogP contribution >= 0.6 is 11.6 Å². The Hall–Kier alpha value is -0.840. The van der Waals surface area contributed by atoms with Gasteiger partial charge in [-0.15, -0.1) is 0 Å². The molecule has 0 radical (unpaired) electrons. The zero-order valence-electron chi connectivity index (χ0n) is 8.85. The number of pyridine rings is 1. The maximum absolute atomic E-state index is 9.53. The molecule has 1 rings (SSSR count). The Labute approximate surface area is 94.4 Å². The number of halogens is 1. The van der Waals surface area contributed by atoms with E-state index in [1.807, 2.05) is 18.0 Å². The molecule has 0 amide bonds. The van der Waals surface area contributed by atoms with E-state index in [4.69, 9.17) is 16.3 Å². The molecule has 0 spiro atoms. The predicted octanol–water partition coefficient (Wildman–Crippen LogP) is 1.18. The summed E-state index contributed by atoms with van der Waals surface area (Å²) in [4.78, 5) is 5.79. The lowest BCUT2D eigenvalue weighted by molar-refractivity contribution is 0.0695. The van der Waals surface area contributed by atoms with E-state index in [9.17, 15) is 5.11 Å². The molecule has 0 saturated carbocycles. The first-order valence-electron chi connectivity index (χ1n) is 4.63. The highest BCUT2D eigenvalue weighted by atomic mass is 35.5. The molecule has 0 aromatic carbocycles. The van der Waals surface area contributed by atoms with Crippen molar-refractivity contribution < 1.29 is 9.84 Å². The number of aliphatic hydroxyl groups excluding tert-OH is 1. The molecule has 1 atom stereocenters. The van der Waals surface area contributed by atoms with Crippen LogP contribution in [-0.4, -0.2) is 43.5 Å². The molecule has 0 aliphatic heterocycles. The first kappa shape index (κ1) is 12.2. The van der Waals surface area contributed by atoms with Gasteiger partial charge in [0, 0.05) is 32.6 Å². The van der Waals surface area contributed by atoms with Gasteiger partial charge in [-0.25, -0.2) is 4.98 Å². The molecular weight excluding hydrogens is 216 g/mol. The lowest BCUT2D eigenvalue weighted by atomic mass is 10.3. The topological polar surface area (TPSA) is 45.6 Å². The molecule has 84 valence electrons. The summed E-state index contributed by atoms with van der Waals surface area (Å²) >= 11 is 5.76. The molecule has 0 saturated heterocycles. The van der Waals surface area contributed by atoms with Crippen molar-refractivity contribution in [3.8, 4) is 0 Å². The van der Waals surface area contributed by atoms with Crippen molar-refractivity contribution in [3.63, 3.8) is 0 Å². The van der Waals surface area contributed by atoms with E-state index in [1.54, 1.807) is 19.4 Å². The molecule has 5 heteroatoms. The van der Waals surface area contributed by atoms with Crippen molar-refractivity contribution in [1.29, 1.82) is 0 Å². The highest BCUT2D eigenvalue weighted by Crippen LogP contribution is 2.15. The van der Waals surface area contributed by atoms with Gasteiger partial charge < -0.3 is 14.7 Å². The summed E-state index contributed by atoms with van der Waals surface area (Å²) in [5.74, 6) is 0. The number of anilines is 1. The predicted molar refractivity (Wildman–Crippen MR) is 60.4 cm³/mol. The summed E-state index contributed by atoms with van der Waals surface area (Å²) in [6.45, 7) is 0.817. The first-order valence-corrected chi connectivity index (χ1v) is 5.01. The standard InChI is InChI=1S/C10H15ClN2O2/c1-13(6-9(14)7-15-2)8-3-4-12-10(11)5-8/h3-5,9,14H,6-7H2,1-2H3. The number of ether oxygens (including phenoxy) is 1. The molecule has 1 heterocycles. The molecule has 1 N–H and O–H groups in total. The van der Waals surface area contributed by atoms with Gasteiger partial charge in [-0.05, 0) is 12.1 Å². The average Bonchev–Trinajstić information content (AvgIpc) is 2.18. The van der Waals surface area contributed by atoms with Crippen molar-refractivity contribution in [2.45, 2.75) is 6.10 Å². The molecule has 1 aromatic rings. The second-order valence-electron chi connectivity index (χ2n) is 3.33. The Balaban J connectivity index is 2.56.